The maximum atomic E-state index is 14.2. The molecule has 13 nitrogen and oxygen atoms in total. The number of carbonyl (C=O) groups is 2. The van der Waals surface area contributed by atoms with Crippen molar-refractivity contribution in [1.29, 1.82) is 0 Å². The first kappa shape index (κ1) is 40.4. The number of amidine groups is 1. The Kier molecular flexibility index (Phi) is 12.5. The van der Waals surface area contributed by atoms with Crippen LogP contribution in [0, 0.1) is 17.7 Å². The number of aliphatic imine (C=N–C) groups is 1. The molecule has 56 heavy (non-hydrogen) atoms. The topological polar surface area (TPSA) is 142 Å². The Morgan fingerprint density at radius 1 is 1.07 bits per heavy atom. The zero-order chi connectivity index (χ0) is 39.6. The van der Waals surface area contributed by atoms with Crippen molar-refractivity contribution < 1.29 is 35.9 Å². The van der Waals surface area contributed by atoms with E-state index in [1.165, 1.54) is 36.6 Å². The van der Waals surface area contributed by atoms with Gasteiger partial charge in [-0.15, -0.1) is 11.3 Å². The van der Waals surface area contributed by atoms with Gasteiger partial charge in [0.15, 0.2) is 10.8 Å². The molecule has 3 aromatic rings. The molecular weight excluding hydrogens is 793 g/mol. The molecule has 4 aliphatic rings. The monoisotopic (exact) mass is 836 g/mol. The van der Waals surface area contributed by atoms with Crippen molar-refractivity contribution in [3.63, 3.8) is 0 Å². The van der Waals surface area contributed by atoms with Gasteiger partial charge in [-0.3, -0.25) is 14.6 Å². The quantitative estimate of drug-likeness (QED) is 0.226. The van der Waals surface area contributed by atoms with Crippen LogP contribution in [-0.2, 0) is 24.3 Å². The lowest BCUT2D eigenvalue weighted by Gasteiger charge is -2.35. The molecule has 0 aliphatic carbocycles. The molecule has 0 radical (unpaired) electrons. The smallest absolute Gasteiger partial charge is 0.333 e. The Balaban J connectivity index is 0.996. The first-order chi connectivity index (χ1) is 26.9. The fraction of sp³-hybridized carbons (Fsp3) is 0.541. The third-order valence-electron chi connectivity index (χ3n) is 11.1. The lowest BCUT2D eigenvalue weighted by atomic mass is 9.91. The number of nitrogens with one attached hydrogen (secondary N) is 1. The van der Waals surface area contributed by atoms with Gasteiger partial charge in [-0.25, -0.2) is 27.2 Å². The summed E-state index contributed by atoms with van der Waals surface area (Å²) in [6.07, 6.45) is 7.02. The number of halogens is 4. The van der Waals surface area contributed by atoms with Crippen molar-refractivity contribution in [2.45, 2.75) is 63.6 Å². The lowest BCUT2D eigenvalue weighted by molar-refractivity contribution is -0.142. The molecule has 7 rings (SSSR count). The van der Waals surface area contributed by atoms with Crippen molar-refractivity contribution in [2.24, 2.45) is 16.8 Å². The summed E-state index contributed by atoms with van der Waals surface area (Å²) in [6, 6.07) is 3.91. The molecule has 1 amide bonds. The minimum atomic E-state index is -3.77. The number of fused-ring (bicyclic) bond motifs is 1. The van der Waals surface area contributed by atoms with Crippen LogP contribution in [0.2, 0.25) is 5.02 Å². The predicted molar refractivity (Wildman–Crippen MR) is 205 cm³/mol. The number of benzene rings is 1. The molecule has 0 saturated carbocycles. The minimum Gasteiger partial charge on any atom is -0.469 e. The number of methoxy groups -OCH3 is 1. The number of sulfonamides is 1. The summed E-state index contributed by atoms with van der Waals surface area (Å²) in [5.41, 5.74) is 1.74. The Bertz CT molecular complexity index is 2070. The number of hydrogen-bond donors (Lipinski definition) is 1. The van der Waals surface area contributed by atoms with Gasteiger partial charge in [0, 0.05) is 91.1 Å². The van der Waals surface area contributed by atoms with Gasteiger partial charge in [-0.1, -0.05) is 17.7 Å². The van der Waals surface area contributed by atoms with Gasteiger partial charge in [-0.2, -0.15) is 13.9 Å². The fourth-order valence-corrected chi connectivity index (χ4v) is 10.3. The molecule has 0 spiro atoms. The summed E-state index contributed by atoms with van der Waals surface area (Å²) in [7, 11) is -2.38. The van der Waals surface area contributed by atoms with E-state index in [1.54, 1.807) is 11.6 Å². The van der Waals surface area contributed by atoms with Gasteiger partial charge < -0.3 is 19.4 Å². The van der Waals surface area contributed by atoms with E-state index in [1.807, 2.05) is 9.80 Å². The van der Waals surface area contributed by atoms with Crippen molar-refractivity contribution in [3.8, 4) is 0 Å². The number of thiazole rings is 1. The van der Waals surface area contributed by atoms with Gasteiger partial charge in [0.25, 0.3) is 0 Å². The molecule has 6 heterocycles. The second-order valence-corrected chi connectivity index (χ2v) is 17.9. The normalized spacial score (nSPS) is 21.5. The summed E-state index contributed by atoms with van der Waals surface area (Å²) in [6.45, 7) is 0.318. The van der Waals surface area contributed by atoms with E-state index in [0.717, 1.165) is 37.9 Å². The van der Waals surface area contributed by atoms with E-state index < -0.39 is 34.5 Å². The van der Waals surface area contributed by atoms with Gasteiger partial charge >= 0.3 is 12.5 Å². The van der Waals surface area contributed by atoms with Crippen molar-refractivity contribution in [2.75, 3.05) is 52.1 Å². The van der Waals surface area contributed by atoms with E-state index in [0.29, 0.717) is 77.9 Å². The molecule has 3 saturated heterocycles. The molecule has 0 bridgehead atoms. The third kappa shape index (κ3) is 9.30. The predicted octanol–water partition coefficient (Wildman–Crippen LogP) is 5.34. The van der Waals surface area contributed by atoms with Gasteiger partial charge in [0.1, 0.15) is 11.9 Å². The number of piperidine rings is 2. The van der Waals surface area contributed by atoms with E-state index in [9.17, 15) is 31.2 Å². The number of esters is 1. The zero-order valence-electron chi connectivity index (χ0n) is 30.8. The van der Waals surface area contributed by atoms with Crippen LogP contribution < -0.4 is 4.72 Å². The first-order valence-electron chi connectivity index (χ1n) is 18.7. The van der Waals surface area contributed by atoms with E-state index in [4.69, 9.17) is 21.3 Å². The standard InChI is InChI=1S/C37H44ClF3N8O5S2/c1-54-32(51)19-24-6-12-47(13-7-24)31(50)18-23-4-10-46(11-5-23)15-17-56(52,53)45-26-21-30-33(29-8-14-49(44-29)37(40)41)34(27-3-2-25(39)20-28(27)38)43-35(48(30)22-26)36-42-9-16-55-36/h2-3,8-9,14,16,20,23-24,26,34,37,45H,4-7,10-13,15,17-19,21-22H2,1H3/t26-,34-/m0/s1. The maximum absolute atomic E-state index is 14.2. The fourth-order valence-electron chi connectivity index (χ4n) is 8.09. The van der Waals surface area contributed by atoms with Crippen LogP contribution in [-0.4, -0.2) is 114 Å². The number of amides is 1. The van der Waals surface area contributed by atoms with E-state index >= 15 is 0 Å². The molecule has 3 fully saturated rings. The highest BCUT2D eigenvalue weighted by atomic mass is 35.5. The lowest BCUT2D eigenvalue weighted by Crippen LogP contribution is -2.44. The van der Waals surface area contributed by atoms with Crippen LogP contribution in [0.3, 0.4) is 0 Å². The number of carbonyl (C=O) groups excluding carboxylic acids is 2. The van der Waals surface area contributed by atoms with E-state index in [-0.39, 0.29) is 53.1 Å². The number of aromatic nitrogens is 3. The second kappa shape index (κ2) is 17.3. The highest BCUT2D eigenvalue weighted by Gasteiger charge is 2.42. The first-order valence-corrected chi connectivity index (χ1v) is 21.6. The van der Waals surface area contributed by atoms with Gasteiger partial charge in [0.05, 0.1) is 18.6 Å². The number of hydrogen-bond acceptors (Lipinski definition) is 11. The highest BCUT2D eigenvalue weighted by Crippen LogP contribution is 2.46. The Labute approximate surface area is 332 Å². The zero-order valence-corrected chi connectivity index (χ0v) is 33.2. The van der Waals surface area contributed by atoms with Crippen molar-refractivity contribution in [3.05, 3.63) is 74.8 Å². The molecular formula is C37H44ClF3N8O5S2. The number of rotatable bonds is 13. The minimum absolute atomic E-state index is 0.0942. The van der Waals surface area contributed by atoms with Crippen LogP contribution in [0.1, 0.15) is 73.8 Å². The van der Waals surface area contributed by atoms with Crippen LogP contribution >= 0.6 is 22.9 Å². The summed E-state index contributed by atoms with van der Waals surface area (Å²) >= 11 is 7.90. The molecule has 4 aliphatic heterocycles. The average Bonchev–Trinajstić information content (AvgIpc) is 3.96. The number of nitrogens with zero attached hydrogens (tertiary/aromatic N) is 7. The van der Waals surface area contributed by atoms with Crippen LogP contribution in [0.4, 0.5) is 13.2 Å². The third-order valence-corrected chi connectivity index (χ3v) is 13.6. The molecule has 2 aromatic heterocycles. The van der Waals surface area contributed by atoms with Crippen LogP contribution in [0.25, 0.3) is 5.57 Å². The van der Waals surface area contributed by atoms with Crippen molar-refractivity contribution >= 4 is 56.2 Å². The summed E-state index contributed by atoms with van der Waals surface area (Å²) in [4.78, 5) is 40.0. The largest absolute Gasteiger partial charge is 0.469 e. The highest BCUT2D eigenvalue weighted by molar-refractivity contribution is 7.89. The summed E-state index contributed by atoms with van der Waals surface area (Å²) in [5.74, 6) is 0.178. The van der Waals surface area contributed by atoms with E-state index in [2.05, 4.69) is 19.7 Å². The molecule has 1 N–H and O–H groups in total. The molecule has 302 valence electrons. The Morgan fingerprint density at radius 3 is 2.46 bits per heavy atom. The molecule has 19 heteroatoms. The Hall–Kier alpha value is -3.84. The molecule has 2 atom stereocenters. The summed E-state index contributed by atoms with van der Waals surface area (Å²) in [5, 5.41) is 6.60. The molecule has 1 aromatic carbocycles. The summed E-state index contributed by atoms with van der Waals surface area (Å²) < 4.78 is 76.9. The molecule has 0 unspecified atom stereocenters. The average molecular weight is 837 g/mol. The van der Waals surface area contributed by atoms with Crippen LogP contribution in [0.15, 0.2) is 52.7 Å². The Morgan fingerprint density at radius 2 is 1.80 bits per heavy atom. The maximum Gasteiger partial charge on any atom is 0.333 e. The van der Waals surface area contributed by atoms with Gasteiger partial charge in [-0.05, 0) is 68.8 Å². The number of likely N-dealkylation sites (tertiary alicyclic amines) is 2. The van der Waals surface area contributed by atoms with Crippen molar-refractivity contribution in [1.82, 2.24) is 34.2 Å². The number of ether oxygens (including phenoxy) is 1. The number of alkyl halides is 2. The SMILES string of the molecule is COC(=O)CC1CCN(C(=O)CC2CCN(CCS(=O)(=O)N[C@H]3CC4=C(c5ccn(C(F)F)n5)[C@H](c5ccc(F)cc5Cl)N=C(c5nccs5)N4C3)CC2)CC1. The second-order valence-electron chi connectivity index (χ2n) is 14.7. The van der Waals surface area contributed by atoms with Gasteiger partial charge in [0.2, 0.25) is 15.9 Å². The van der Waals surface area contributed by atoms with Crippen LogP contribution in [0.5, 0.6) is 0 Å².